The minimum Gasteiger partial charge on any atom is -0.340 e. The molecule has 2 aromatic heterocycles. The fraction of sp³-hybridized carbons (Fsp3) is 0.0526. The zero-order valence-electron chi connectivity index (χ0n) is 13.8. The van der Waals surface area contributed by atoms with Crippen molar-refractivity contribution in [3.05, 3.63) is 71.1 Å². The van der Waals surface area contributed by atoms with Crippen LogP contribution < -0.4 is 10.2 Å². The van der Waals surface area contributed by atoms with Gasteiger partial charge in [0.15, 0.2) is 0 Å². The molecule has 2 aromatic carbocycles. The van der Waals surface area contributed by atoms with Crippen LogP contribution in [0.5, 0.6) is 0 Å². The summed E-state index contributed by atoms with van der Waals surface area (Å²) in [6, 6.07) is 14.6. The zero-order valence-corrected chi connectivity index (χ0v) is 15.4. The molecule has 4 nitrogen and oxygen atoms in total. The fourth-order valence-electron chi connectivity index (χ4n) is 2.65. The van der Waals surface area contributed by atoms with E-state index in [1.807, 2.05) is 36.7 Å². The van der Waals surface area contributed by atoms with Gasteiger partial charge in [0.2, 0.25) is 0 Å². The average Bonchev–Trinajstić information content (AvgIpc) is 3.19. The molecule has 0 spiro atoms. The number of anilines is 4. The van der Waals surface area contributed by atoms with Gasteiger partial charge < -0.3 is 10.2 Å². The zero-order chi connectivity index (χ0) is 18.1. The van der Waals surface area contributed by atoms with Gasteiger partial charge >= 0.3 is 0 Å². The second-order valence-electron chi connectivity index (χ2n) is 5.69. The van der Waals surface area contributed by atoms with Crippen LogP contribution in [0, 0.1) is 5.82 Å². The largest absolute Gasteiger partial charge is 0.340 e. The van der Waals surface area contributed by atoms with E-state index in [2.05, 4.69) is 26.3 Å². The molecule has 0 aliphatic rings. The number of hydrogen-bond acceptors (Lipinski definition) is 5. The molecule has 0 amide bonds. The maximum Gasteiger partial charge on any atom is 0.141 e. The number of fused-ring (bicyclic) bond motifs is 1. The molecule has 7 heteroatoms. The van der Waals surface area contributed by atoms with Gasteiger partial charge in [0.1, 0.15) is 18.0 Å². The van der Waals surface area contributed by atoms with Crippen molar-refractivity contribution >= 4 is 56.0 Å². The smallest absolute Gasteiger partial charge is 0.141 e. The molecule has 4 aromatic rings. The minimum atomic E-state index is -0.454. The molecule has 2 heterocycles. The number of benzene rings is 2. The second-order valence-corrected chi connectivity index (χ2v) is 7.02. The van der Waals surface area contributed by atoms with Gasteiger partial charge in [-0.25, -0.2) is 14.4 Å². The summed E-state index contributed by atoms with van der Waals surface area (Å²) in [6.45, 7) is 0. The molecule has 0 radical (unpaired) electrons. The summed E-state index contributed by atoms with van der Waals surface area (Å²) in [7, 11) is 2.02. The molecule has 0 bridgehead atoms. The van der Waals surface area contributed by atoms with Crippen molar-refractivity contribution in [2.45, 2.75) is 0 Å². The Labute approximate surface area is 158 Å². The Balaban J connectivity index is 1.74. The van der Waals surface area contributed by atoms with E-state index in [1.54, 1.807) is 17.4 Å². The molecule has 4 rings (SSSR count). The van der Waals surface area contributed by atoms with Gasteiger partial charge in [-0.05, 0) is 53.9 Å². The highest BCUT2D eigenvalue weighted by Crippen LogP contribution is 2.32. The first-order valence-corrected chi connectivity index (χ1v) is 9.11. The van der Waals surface area contributed by atoms with Gasteiger partial charge in [-0.1, -0.05) is 11.6 Å². The normalized spacial score (nSPS) is 10.9. The lowest BCUT2D eigenvalue weighted by molar-refractivity contribution is 0.628. The SMILES string of the molecule is CN(c1ccc2ncnc(Nc3ccc(F)c(Cl)c3)c2c1)c1cccs1. The first-order chi connectivity index (χ1) is 12.6. The molecule has 0 saturated heterocycles. The quantitative estimate of drug-likeness (QED) is 0.468. The van der Waals surface area contributed by atoms with Crippen LogP contribution in [0.3, 0.4) is 0 Å². The van der Waals surface area contributed by atoms with Gasteiger partial charge in [0.05, 0.1) is 15.5 Å². The molecule has 0 saturated carbocycles. The van der Waals surface area contributed by atoms with E-state index in [4.69, 9.17) is 11.6 Å². The molecule has 130 valence electrons. The molecule has 0 atom stereocenters. The molecule has 0 aliphatic carbocycles. The first kappa shape index (κ1) is 16.8. The standard InChI is InChI=1S/C19H14ClFN4S/c1-25(18-3-2-8-26-18)13-5-7-17-14(10-13)19(23-11-22-17)24-12-4-6-16(21)15(20)9-12/h2-11H,1H3,(H,22,23,24). The summed E-state index contributed by atoms with van der Waals surface area (Å²) < 4.78 is 13.4. The molecule has 0 aliphatic heterocycles. The minimum absolute atomic E-state index is 0.0616. The van der Waals surface area contributed by atoms with Crippen LogP contribution in [0.15, 0.2) is 60.2 Å². The van der Waals surface area contributed by atoms with E-state index in [9.17, 15) is 4.39 Å². The third-order valence-corrected chi connectivity index (χ3v) is 5.26. The summed E-state index contributed by atoms with van der Waals surface area (Å²) in [5, 5.41) is 7.31. The number of thiophene rings is 1. The fourth-order valence-corrected chi connectivity index (χ4v) is 3.55. The lowest BCUT2D eigenvalue weighted by atomic mass is 10.2. The number of rotatable bonds is 4. The summed E-state index contributed by atoms with van der Waals surface area (Å²) >= 11 is 7.54. The van der Waals surface area contributed by atoms with Crippen molar-refractivity contribution in [3.63, 3.8) is 0 Å². The maximum atomic E-state index is 13.4. The van der Waals surface area contributed by atoms with Gasteiger partial charge in [-0.15, -0.1) is 11.3 Å². The highest BCUT2D eigenvalue weighted by molar-refractivity contribution is 7.14. The van der Waals surface area contributed by atoms with E-state index in [-0.39, 0.29) is 5.02 Å². The lowest BCUT2D eigenvalue weighted by Gasteiger charge is -2.18. The highest BCUT2D eigenvalue weighted by atomic mass is 35.5. The Morgan fingerprint density at radius 1 is 1.12 bits per heavy atom. The first-order valence-electron chi connectivity index (χ1n) is 7.86. The van der Waals surface area contributed by atoms with E-state index >= 15 is 0 Å². The molecular weight excluding hydrogens is 371 g/mol. The second kappa shape index (κ2) is 6.90. The predicted octanol–water partition coefficient (Wildman–Crippen LogP) is 6.00. The number of aromatic nitrogens is 2. The molecule has 1 N–H and O–H groups in total. The van der Waals surface area contributed by atoms with Crippen molar-refractivity contribution in [1.29, 1.82) is 0 Å². The van der Waals surface area contributed by atoms with Crippen molar-refractivity contribution in [2.24, 2.45) is 0 Å². The van der Waals surface area contributed by atoms with Crippen LogP contribution in [-0.2, 0) is 0 Å². The summed E-state index contributed by atoms with van der Waals surface area (Å²) in [5.41, 5.74) is 2.50. The summed E-state index contributed by atoms with van der Waals surface area (Å²) in [4.78, 5) is 10.8. The van der Waals surface area contributed by atoms with Crippen LogP contribution >= 0.6 is 22.9 Å². The lowest BCUT2D eigenvalue weighted by Crippen LogP contribution is -2.07. The monoisotopic (exact) mass is 384 g/mol. The van der Waals surface area contributed by atoms with Crippen LogP contribution in [-0.4, -0.2) is 17.0 Å². The summed E-state index contributed by atoms with van der Waals surface area (Å²) in [6.07, 6.45) is 1.50. The maximum absolute atomic E-state index is 13.4. The predicted molar refractivity (Wildman–Crippen MR) is 107 cm³/mol. The number of nitrogens with one attached hydrogen (secondary N) is 1. The average molecular weight is 385 g/mol. The Hall–Kier alpha value is -2.70. The van der Waals surface area contributed by atoms with E-state index in [0.29, 0.717) is 11.5 Å². The van der Waals surface area contributed by atoms with Crippen LogP contribution in [0.4, 0.5) is 26.6 Å². The number of nitrogens with zero attached hydrogens (tertiary/aromatic N) is 3. The summed E-state index contributed by atoms with van der Waals surface area (Å²) in [5.74, 6) is 0.184. The molecule has 0 fully saturated rings. The molecule has 26 heavy (non-hydrogen) atoms. The van der Waals surface area contributed by atoms with E-state index in [0.717, 1.165) is 21.6 Å². The Morgan fingerprint density at radius 2 is 2.00 bits per heavy atom. The Bertz CT molecular complexity index is 1070. The van der Waals surface area contributed by atoms with Crippen molar-refractivity contribution in [3.8, 4) is 0 Å². The molecule has 0 unspecified atom stereocenters. The van der Waals surface area contributed by atoms with Crippen molar-refractivity contribution < 1.29 is 4.39 Å². The highest BCUT2D eigenvalue weighted by Gasteiger charge is 2.10. The third-order valence-electron chi connectivity index (χ3n) is 4.03. The van der Waals surface area contributed by atoms with Gasteiger partial charge in [-0.3, -0.25) is 0 Å². The van der Waals surface area contributed by atoms with Crippen molar-refractivity contribution in [1.82, 2.24) is 9.97 Å². The number of hydrogen-bond donors (Lipinski definition) is 1. The molecular formula is C19H14ClFN4S. The Morgan fingerprint density at radius 3 is 2.77 bits per heavy atom. The van der Waals surface area contributed by atoms with Crippen LogP contribution in [0.2, 0.25) is 5.02 Å². The topological polar surface area (TPSA) is 41.1 Å². The van der Waals surface area contributed by atoms with Crippen molar-refractivity contribution in [2.75, 3.05) is 17.3 Å². The third kappa shape index (κ3) is 3.21. The van der Waals surface area contributed by atoms with E-state index in [1.165, 1.54) is 18.5 Å². The van der Waals surface area contributed by atoms with Crippen LogP contribution in [0.1, 0.15) is 0 Å². The van der Waals surface area contributed by atoms with Gasteiger partial charge in [0, 0.05) is 23.8 Å². The number of halogens is 2. The van der Waals surface area contributed by atoms with Gasteiger partial charge in [-0.2, -0.15) is 0 Å². The Kier molecular flexibility index (Phi) is 4.44. The van der Waals surface area contributed by atoms with E-state index < -0.39 is 5.82 Å². The van der Waals surface area contributed by atoms with Gasteiger partial charge in [0.25, 0.3) is 0 Å². The van der Waals surface area contributed by atoms with Crippen LogP contribution in [0.25, 0.3) is 10.9 Å².